The molecule has 9 nitrogen and oxygen atoms in total. The number of nitrogens with zero attached hydrogens (tertiary/aromatic N) is 4. The van der Waals surface area contributed by atoms with Crippen molar-refractivity contribution >= 4 is 24.6 Å². The lowest BCUT2D eigenvalue weighted by Gasteiger charge is -2.16. The van der Waals surface area contributed by atoms with Crippen molar-refractivity contribution in [3.05, 3.63) is 6.20 Å². The molecule has 2 heterocycles. The van der Waals surface area contributed by atoms with E-state index >= 15 is 0 Å². The third kappa shape index (κ3) is 6.16. The fourth-order valence-corrected chi connectivity index (χ4v) is 4.65. The van der Waals surface area contributed by atoms with Crippen LogP contribution in [-0.4, -0.2) is 46.2 Å². The molecule has 0 aliphatic carbocycles. The average Bonchev–Trinajstić information content (AvgIpc) is 3.03. The van der Waals surface area contributed by atoms with Crippen LogP contribution in [0.4, 0.5) is 5.95 Å². The van der Waals surface area contributed by atoms with Crippen molar-refractivity contribution in [2.75, 3.05) is 32.2 Å². The van der Waals surface area contributed by atoms with Crippen molar-refractivity contribution in [1.29, 1.82) is 0 Å². The van der Waals surface area contributed by atoms with Crippen molar-refractivity contribution in [3.8, 4) is 5.88 Å². The van der Waals surface area contributed by atoms with Gasteiger partial charge in [0.1, 0.15) is 5.39 Å². The van der Waals surface area contributed by atoms with Crippen LogP contribution >= 0.6 is 7.60 Å². The minimum Gasteiger partial charge on any atom is -0.480 e. The molecule has 0 amide bonds. The van der Waals surface area contributed by atoms with Crippen LogP contribution in [0.2, 0.25) is 0 Å². The molecular weight excluding hydrogens is 369 g/mol. The Morgan fingerprint density at radius 3 is 2.41 bits per heavy atom. The molecule has 2 N–H and O–H groups in total. The Hall–Kier alpha value is -1.70. The number of aryl methyl sites for hydroxylation is 1. The number of hydrogen-bond acceptors (Lipinski definition) is 8. The standard InChI is InChI=1S/C17H30N5O4P/c1-4-25-27(23,26-5-2)12-10-8-6-7-9-11-22-15-14(13-19-22)16(24-3)21-17(18)20-15/h13H,4-12H2,1-3H3,(H2,18,20,21). The molecule has 0 fully saturated rings. The molecule has 0 aliphatic rings. The summed E-state index contributed by atoms with van der Waals surface area (Å²) in [7, 11) is -1.36. The Balaban J connectivity index is 1.74. The van der Waals surface area contributed by atoms with E-state index in [1.807, 2.05) is 18.5 Å². The molecule has 0 saturated heterocycles. The fraction of sp³-hybridized carbons (Fsp3) is 0.706. The zero-order valence-corrected chi connectivity index (χ0v) is 17.3. The highest BCUT2D eigenvalue weighted by atomic mass is 31.2. The third-order valence-electron chi connectivity index (χ3n) is 4.13. The summed E-state index contributed by atoms with van der Waals surface area (Å²) in [5.74, 6) is 0.617. The van der Waals surface area contributed by atoms with Crippen LogP contribution in [0.1, 0.15) is 46.0 Å². The first kappa shape index (κ1) is 21.6. The number of methoxy groups -OCH3 is 1. The highest BCUT2D eigenvalue weighted by Crippen LogP contribution is 2.48. The van der Waals surface area contributed by atoms with Crippen molar-refractivity contribution in [1.82, 2.24) is 19.7 Å². The summed E-state index contributed by atoms with van der Waals surface area (Å²) in [5.41, 5.74) is 6.42. The summed E-state index contributed by atoms with van der Waals surface area (Å²) in [6.45, 7) is 5.24. The van der Waals surface area contributed by atoms with Crippen LogP contribution < -0.4 is 10.5 Å². The van der Waals surface area contributed by atoms with E-state index in [-0.39, 0.29) is 5.95 Å². The van der Waals surface area contributed by atoms with E-state index in [9.17, 15) is 4.57 Å². The van der Waals surface area contributed by atoms with Crippen molar-refractivity contribution in [3.63, 3.8) is 0 Å². The van der Waals surface area contributed by atoms with E-state index in [1.54, 1.807) is 13.3 Å². The summed E-state index contributed by atoms with van der Waals surface area (Å²) in [5, 5.41) is 5.12. The molecule has 0 spiro atoms. The minimum atomic E-state index is -2.91. The van der Waals surface area contributed by atoms with Crippen LogP contribution in [0.25, 0.3) is 11.0 Å². The third-order valence-corrected chi connectivity index (χ3v) is 6.29. The normalized spacial score (nSPS) is 12.0. The maximum Gasteiger partial charge on any atom is 0.330 e. The van der Waals surface area contributed by atoms with E-state index in [0.717, 1.165) is 44.0 Å². The van der Waals surface area contributed by atoms with Crippen LogP contribution in [0.3, 0.4) is 0 Å². The molecule has 0 aliphatic heterocycles. The maximum absolute atomic E-state index is 12.4. The van der Waals surface area contributed by atoms with Gasteiger partial charge in [0.25, 0.3) is 0 Å². The van der Waals surface area contributed by atoms with E-state index in [1.165, 1.54) is 0 Å². The number of unbranched alkanes of at least 4 members (excludes halogenated alkanes) is 4. The number of hydrogen-bond donors (Lipinski definition) is 1. The van der Waals surface area contributed by atoms with Gasteiger partial charge in [0.05, 0.1) is 32.7 Å². The van der Waals surface area contributed by atoms with E-state index in [4.69, 9.17) is 19.5 Å². The maximum atomic E-state index is 12.4. The summed E-state index contributed by atoms with van der Waals surface area (Å²) >= 11 is 0. The van der Waals surface area contributed by atoms with E-state index < -0.39 is 7.60 Å². The first-order valence-corrected chi connectivity index (χ1v) is 11.2. The molecule has 0 saturated carbocycles. The molecule has 27 heavy (non-hydrogen) atoms. The van der Waals surface area contributed by atoms with Crippen LogP contribution in [0, 0.1) is 0 Å². The number of fused-ring (bicyclic) bond motifs is 1. The molecule has 0 radical (unpaired) electrons. The molecule has 0 atom stereocenters. The second kappa shape index (κ2) is 10.6. The number of nitrogens with two attached hydrogens (primary N) is 1. The molecule has 152 valence electrons. The van der Waals surface area contributed by atoms with Gasteiger partial charge in [-0.05, 0) is 26.7 Å². The molecule has 0 unspecified atom stereocenters. The highest BCUT2D eigenvalue weighted by molar-refractivity contribution is 7.53. The predicted molar refractivity (Wildman–Crippen MR) is 105 cm³/mol. The lowest BCUT2D eigenvalue weighted by atomic mass is 10.1. The topological polar surface area (TPSA) is 114 Å². The van der Waals surface area contributed by atoms with Gasteiger partial charge in [-0.1, -0.05) is 19.3 Å². The van der Waals surface area contributed by atoms with Gasteiger partial charge < -0.3 is 19.5 Å². The number of ether oxygens (including phenoxy) is 1. The van der Waals surface area contributed by atoms with Gasteiger partial charge in [-0.3, -0.25) is 4.57 Å². The van der Waals surface area contributed by atoms with Crippen molar-refractivity contribution in [2.24, 2.45) is 0 Å². The Labute approximate surface area is 160 Å². The summed E-state index contributed by atoms with van der Waals surface area (Å²) in [4.78, 5) is 8.32. The van der Waals surface area contributed by atoms with Crippen LogP contribution in [0.15, 0.2) is 6.20 Å². The molecule has 2 aromatic rings. The smallest absolute Gasteiger partial charge is 0.330 e. The number of rotatable bonds is 13. The van der Waals surface area contributed by atoms with Crippen molar-refractivity contribution < 1.29 is 18.3 Å². The van der Waals surface area contributed by atoms with E-state index in [0.29, 0.717) is 30.9 Å². The Bertz CT molecular complexity index is 757. The van der Waals surface area contributed by atoms with Gasteiger partial charge in [0, 0.05) is 6.54 Å². The zero-order valence-electron chi connectivity index (χ0n) is 16.4. The lowest BCUT2D eigenvalue weighted by Crippen LogP contribution is -2.04. The highest BCUT2D eigenvalue weighted by Gasteiger charge is 2.22. The lowest BCUT2D eigenvalue weighted by molar-refractivity contribution is 0.219. The summed E-state index contributed by atoms with van der Waals surface area (Å²) in [6, 6.07) is 0. The van der Waals surface area contributed by atoms with Gasteiger partial charge in [-0.15, -0.1) is 0 Å². The first-order valence-electron chi connectivity index (χ1n) is 9.44. The molecular formula is C17H30N5O4P. The number of aromatic nitrogens is 4. The minimum absolute atomic E-state index is 0.175. The SMILES string of the molecule is CCOP(=O)(CCCCCCCn1ncc2c(OC)nc(N)nc21)OCC. The molecule has 2 rings (SSSR count). The summed E-state index contributed by atoms with van der Waals surface area (Å²) < 4.78 is 30.0. The number of nitrogen functional groups attached to an aromatic ring is 1. The monoisotopic (exact) mass is 399 g/mol. The number of anilines is 1. The van der Waals surface area contributed by atoms with Crippen LogP contribution in [0.5, 0.6) is 5.88 Å². The Morgan fingerprint density at radius 2 is 1.74 bits per heavy atom. The van der Waals surface area contributed by atoms with Crippen molar-refractivity contribution in [2.45, 2.75) is 52.5 Å². The molecule has 10 heteroatoms. The summed E-state index contributed by atoms with van der Waals surface area (Å²) in [6.07, 6.45) is 7.08. The van der Waals surface area contributed by atoms with Gasteiger partial charge in [-0.25, -0.2) is 4.68 Å². The Kier molecular flexibility index (Phi) is 8.47. The van der Waals surface area contributed by atoms with Gasteiger partial charge in [0.15, 0.2) is 5.65 Å². The van der Waals surface area contributed by atoms with Gasteiger partial charge in [0.2, 0.25) is 11.8 Å². The largest absolute Gasteiger partial charge is 0.480 e. The average molecular weight is 399 g/mol. The Morgan fingerprint density at radius 1 is 1.07 bits per heavy atom. The first-order chi connectivity index (χ1) is 13.0. The molecule has 0 bridgehead atoms. The van der Waals surface area contributed by atoms with Gasteiger partial charge >= 0.3 is 7.60 Å². The predicted octanol–water partition coefficient (Wildman–Crippen LogP) is 3.63. The van der Waals surface area contributed by atoms with E-state index in [2.05, 4.69) is 15.1 Å². The second-order valence-electron chi connectivity index (χ2n) is 6.13. The zero-order chi connectivity index (χ0) is 19.7. The van der Waals surface area contributed by atoms with Crippen LogP contribution in [-0.2, 0) is 20.2 Å². The molecule has 2 aromatic heterocycles. The quantitative estimate of drug-likeness (QED) is 0.401. The molecule has 0 aromatic carbocycles. The second-order valence-corrected chi connectivity index (χ2v) is 8.32. The van der Waals surface area contributed by atoms with Gasteiger partial charge in [-0.2, -0.15) is 15.1 Å². The fourth-order valence-electron chi connectivity index (χ4n) is 2.92.